The maximum absolute atomic E-state index is 12.8. The van der Waals surface area contributed by atoms with E-state index in [0.717, 1.165) is 0 Å². The molecule has 1 amide bonds. The average molecular weight is 345 g/mol. The fourth-order valence-electron chi connectivity index (χ4n) is 2.56. The summed E-state index contributed by atoms with van der Waals surface area (Å²) in [5, 5.41) is 0. The fraction of sp³-hybridized carbons (Fsp3) is 0.429. The molecular weight excluding hydrogens is 329 g/mol. The molecule has 0 bridgehead atoms. The Balaban J connectivity index is 2.34. The molecule has 2 rings (SSSR count). The molecule has 1 aliphatic rings. The van der Waals surface area contributed by atoms with Gasteiger partial charge >= 0.3 is 16.2 Å². The maximum atomic E-state index is 12.8. The molecule has 0 aliphatic carbocycles. The molecule has 1 aromatic carbocycles. The van der Waals surface area contributed by atoms with Gasteiger partial charge in [0, 0.05) is 18.9 Å². The molecule has 126 valence electrons. The van der Waals surface area contributed by atoms with E-state index < -0.39 is 27.9 Å². The van der Waals surface area contributed by atoms with Crippen LogP contribution in [0.1, 0.15) is 16.8 Å². The van der Waals surface area contributed by atoms with Gasteiger partial charge in [0.25, 0.3) is 0 Å². The minimum atomic E-state index is -4.67. The summed E-state index contributed by atoms with van der Waals surface area (Å²) in [5.41, 5.74) is 0.394. The molecule has 1 saturated heterocycles. The first-order valence-electron chi connectivity index (χ1n) is 6.74. The van der Waals surface area contributed by atoms with Crippen molar-refractivity contribution in [2.45, 2.75) is 6.42 Å². The number of hydrogen-bond acceptors (Lipinski definition) is 6. The lowest BCUT2D eigenvalue weighted by Crippen LogP contribution is -2.27. The Morgan fingerprint density at radius 1 is 1.39 bits per heavy atom. The predicted octanol–water partition coefficient (Wildman–Crippen LogP) is 1.13. The van der Waals surface area contributed by atoms with Crippen LogP contribution in [0.4, 0.5) is 9.57 Å². The highest BCUT2D eigenvalue weighted by molar-refractivity contribution is 7.86. The van der Waals surface area contributed by atoms with Crippen LogP contribution in [-0.2, 0) is 19.8 Å². The van der Waals surface area contributed by atoms with Gasteiger partial charge in [0.1, 0.15) is 5.75 Å². The van der Waals surface area contributed by atoms with Crippen molar-refractivity contribution in [2.75, 3.05) is 31.4 Å². The number of anilines is 1. The summed E-state index contributed by atoms with van der Waals surface area (Å²) in [5.74, 6) is -2.02. The SMILES string of the molecule is COC(=O)c1cc(OC)ccc1N1CC(CS(=O)(=O)F)CC1=O. The molecule has 9 heteroatoms. The van der Waals surface area contributed by atoms with E-state index in [1.807, 2.05) is 0 Å². The van der Waals surface area contributed by atoms with Crippen LogP contribution < -0.4 is 9.64 Å². The Morgan fingerprint density at radius 3 is 2.65 bits per heavy atom. The predicted molar refractivity (Wildman–Crippen MR) is 79.7 cm³/mol. The second-order valence-corrected chi connectivity index (χ2v) is 6.57. The standard InChI is InChI=1S/C14H16FNO6S/c1-21-10-3-4-12(11(6-10)14(18)22-2)16-7-9(5-13(16)17)8-23(15,19)20/h3-4,6,9H,5,7-8H2,1-2H3. The minimum absolute atomic E-state index is 0.0122. The highest BCUT2D eigenvalue weighted by atomic mass is 32.3. The number of esters is 1. The minimum Gasteiger partial charge on any atom is -0.497 e. The average Bonchev–Trinajstić information content (AvgIpc) is 2.83. The van der Waals surface area contributed by atoms with E-state index in [0.29, 0.717) is 5.75 Å². The number of carbonyl (C=O) groups is 2. The molecule has 1 aliphatic heterocycles. The first-order chi connectivity index (χ1) is 10.7. The first-order valence-corrected chi connectivity index (χ1v) is 8.29. The number of carbonyl (C=O) groups excluding carboxylic acids is 2. The number of ether oxygens (including phenoxy) is 2. The summed E-state index contributed by atoms with van der Waals surface area (Å²) in [7, 11) is -2.03. The molecule has 0 radical (unpaired) electrons. The number of methoxy groups -OCH3 is 2. The quantitative estimate of drug-likeness (QED) is 0.587. The molecule has 1 aromatic rings. The van der Waals surface area contributed by atoms with E-state index in [1.165, 1.54) is 31.3 Å². The number of nitrogens with zero attached hydrogens (tertiary/aromatic N) is 1. The third-order valence-corrected chi connectivity index (χ3v) is 4.41. The monoisotopic (exact) mass is 345 g/mol. The van der Waals surface area contributed by atoms with Gasteiger partial charge in [-0.05, 0) is 18.2 Å². The van der Waals surface area contributed by atoms with Crippen molar-refractivity contribution in [2.24, 2.45) is 5.92 Å². The molecule has 0 aromatic heterocycles. The highest BCUT2D eigenvalue weighted by Crippen LogP contribution is 2.31. The normalized spacial score (nSPS) is 18.1. The summed E-state index contributed by atoms with van der Waals surface area (Å²) in [4.78, 5) is 25.3. The van der Waals surface area contributed by atoms with Gasteiger partial charge in [-0.25, -0.2) is 4.79 Å². The van der Waals surface area contributed by atoms with Gasteiger partial charge in [-0.15, -0.1) is 3.89 Å². The van der Waals surface area contributed by atoms with Crippen molar-refractivity contribution in [3.63, 3.8) is 0 Å². The smallest absolute Gasteiger partial charge is 0.340 e. The highest BCUT2D eigenvalue weighted by Gasteiger charge is 2.35. The zero-order valence-electron chi connectivity index (χ0n) is 12.6. The van der Waals surface area contributed by atoms with Crippen LogP contribution in [0.2, 0.25) is 0 Å². The van der Waals surface area contributed by atoms with Crippen LogP contribution in [0, 0.1) is 5.92 Å². The Kier molecular flexibility index (Phi) is 4.88. The van der Waals surface area contributed by atoms with Gasteiger partial charge in [-0.2, -0.15) is 8.42 Å². The van der Waals surface area contributed by atoms with Crippen LogP contribution in [0.3, 0.4) is 0 Å². The molecule has 0 N–H and O–H groups in total. The van der Waals surface area contributed by atoms with Crippen molar-refractivity contribution >= 4 is 27.8 Å². The van der Waals surface area contributed by atoms with Crippen LogP contribution in [0.5, 0.6) is 5.75 Å². The zero-order chi connectivity index (χ0) is 17.2. The summed E-state index contributed by atoms with van der Waals surface area (Å²) >= 11 is 0. The van der Waals surface area contributed by atoms with Gasteiger partial charge in [-0.3, -0.25) is 4.79 Å². The molecule has 1 fully saturated rings. The van der Waals surface area contributed by atoms with Crippen molar-refractivity contribution in [3.05, 3.63) is 23.8 Å². The second-order valence-electron chi connectivity index (χ2n) is 5.15. The van der Waals surface area contributed by atoms with E-state index in [2.05, 4.69) is 0 Å². The van der Waals surface area contributed by atoms with Gasteiger partial charge in [0.05, 0.1) is 31.2 Å². The van der Waals surface area contributed by atoms with Crippen LogP contribution in [-0.4, -0.2) is 46.8 Å². The molecule has 0 spiro atoms. The fourth-order valence-corrected chi connectivity index (χ4v) is 3.34. The Labute approximate surface area is 133 Å². The number of amides is 1. The third kappa shape index (κ3) is 3.98. The van der Waals surface area contributed by atoms with Gasteiger partial charge < -0.3 is 14.4 Å². The molecule has 23 heavy (non-hydrogen) atoms. The summed E-state index contributed by atoms with van der Waals surface area (Å²) in [6.45, 7) is 0.0122. The number of rotatable bonds is 5. The second kappa shape index (κ2) is 6.53. The largest absolute Gasteiger partial charge is 0.497 e. The lowest BCUT2D eigenvalue weighted by molar-refractivity contribution is -0.117. The molecule has 1 heterocycles. The van der Waals surface area contributed by atoms with Crippen LogP contribution >= 0.6 is 0 Å². The summed E-state index contributed by atoms with van der Waals surface area (Å²) in [6.07, 6.45) is -0.101. The number of benzene rings is 1. The van der Waals surface area contributed by atoms with Crippen LogP contribution in [0.25, 0.3) is 0 Å². The Hall–Kier alpha value is -2.16. The Bertz CT molecular complexity index is 733. The molecule has 1 atom stereocenters. The Morgan fingerprint density at radius 2 is 2.09 bits per heavy atom. The molecule has 1 unspecified atom stereocenters. The van der Waals surface area contributed by atoms with E-state index in [1.54, 1.807) is 6.07 Å². The van der Waals surface area contributed by atoms with Crippen molar-refractivity contribution < 1.29 is 31.4 Å². The number of hydrogen-bond donors (Lipinski definition) is 0. The lowest BCUT2D eigenvalue weighted by Gasteiger charge is -2.20. The zero-order valence-corrected chi connectivity index (χ0v) is 13.4. The van der Waals surface area contributed by atoms with Gasteiger partial charge in [0.15, 0.2) is 0 Å². The number of halogens is 1. The van der Waals surface area contributed by atoms with Crippen molar-refractivity contribution in [1.82, 2.24) is 0 Å². The van der Waals surface area contributed by atoms with E-state index in [4.69, 9.17) is 9.47 Å². The third-order valence-electron chi connectivity index (χ3n) is 3.54. The summed E-state index contributed by atoms with van der Waals surface area (Å²) in [6, 6.07) is 4.50. The van der Waals surface area contributed by atoms with Gasteiger partial charge in [0.2, 0.25) is 5.91 Å². The first kappa shape index (κ1) is 17.2. The van der Waals surface area contributed by atoms with E-state index >= 15 is 0 Å². The summed E-state index contributed by atoms with van der Waals surface area (Å²) < 4.78 is 44.1. The maximum Gasteiger partial charge on any atom is 0.340 e. The van der Waals surface area contributed by atoms with E-state index in [9.17, 15) is 21.9 Å². The van der Waals surface area contributed by atoms with E-state index in [-0.39, 0.29) is 30.1 Å². The topological polar surface area (TPSA) is 90.0 Å². The van der Waals surface area contributed by atoms with Gasteiger partial charge in [-0.1, -0.05) is 0 Å². The van der Waals surface area contributed by atoms with Crippen molar-refractivity contribution in [1.29, 1.82) is 0 Å². The lowest BCUT2D eigenvalue weighted by atomic mass is 10.1. The van der Waals surface area contributed by atoms with Crippen molar-refractivity contribution in [3.8, 4) is 5.75 Å². The van der Waals surface area contributed by atoms with Crippen LogP contribution in [0.15, 0.2) is 18.2 Å². The molecular formula is C14H16FNO6S. The molecule has 7 nitrogen and oxygen atoms in total. The molecule has 0 saturated carbocycles.